The zero-order chi connectivity index (χ0) is 12.3. The summed E-state index contributed by atoms with van der Waals surface area (Å²) in [5.41, 5.74) is -0.299. The molecule has 3 nitrogen and oxygen atoms in total. The summed E-state index contributed by atoms with van der Waals surface area (Å²) in [5.74, 6) is -0.239. The van der Waals surface area contributed by atoms with E-state index in [-0.39, 0.29) is 5.91 Å². The molecule has 0 heterocycles. The Bertz CT molecular complexity index is 431. The van der Waals surface area contributed by atoms with E-state index in [1.54, 1.807) is 45.2 Å². The molecule has 0 bridgehead atoms. The highest BCUT2D eigenvalue weighted by Gasteiger charge is 2.30. The van der Waals surface area contributed by atoms with E-state index in [0.717, 1.165) is 5.69 Å². The first kappa shape index (κ1) is 12.5. The number of anilines is 1. The van der Waals surface area contributed by atoms with Gasteiger partial charge in [0, 0.05) is 17.8 Å². The van der Waals surface area contributed by atoms with Crippen molar-refractivity contribution in [2.45, 2.75) is 13.8 Å². The Labute approximate surface area is 100 Å². The second-order valence-electron chi connectivity index (χ2n) is 4.08. The molecular weight excluding hydrogens is 224 g/mol. The van der Waals surface area contributed by atoms with Gasteiger partial charge in [-0.15, -0.1) is 0 Å². The average molecular weight is 237 g/mol. The van der Waals surface area contributed by atoms with Gasteiger partial charge in [0.2, 0.25) is 5.91 Å². The molecule has 0 fully saturated rings. The van der Waals surface area contributed by atoms with Gasteiger partial charge in [0.25, 0.3) is 0 Å². The van der Waals surface area contributed by atoms with Crippen molar-refractivity contribution >= 4 is 23.2 Å². The summed E-state index contributed by atoms with van der Waals surface area (Å²) in [6, 6.07) is 8.89. The van der Waals surface area contributed by atoms with Gasteiger partial charge in [0.15, 0.2) is 0 Å². The Hall–Kier alpha value is -1.53. The van der Waals surface area contributed by atoms with Crippen molar-refractivity contribution in [3.8, 4) is 6.07 Å². The Balaban J connectivity index is 2.96. The van der Waals surface area contributed by atoms with Crippen LogP contribution in [0.25, 0.3) is 0 Å². The molecule has 0 spiro atoms. The fourth-order valence-electron chi connectivity index (χ4n) is 1.25. The molecule has 0 aliphatic carbocycles. The molecule has 0 aromatic heterocycles. The van der Waals surface area contributed by atoms with Gasteiger partial charge >= 0.3 is 0 Å². The maximum absolute atomic E-state index is 12.0. The minimum Gasteiger partial charge on any atom is -0.314 e. The number of amides is 1. The van der Waals surface area contributed by atoms with Gasteiger partial charge in [0.1, 0.15) is 5.41 Å². The zero-order valence-corrected chi connectivity index (χ0v) is 10.2. The van der Waals surface area contributed by atoms with E-state index in [1.165, 1.54) is 4.90 Å². The minimum atomic E-state index is -1.02. The van der Waals surface area contributed by atoms with E-state index in [4.69, 9.17) is 16.9 Å². The Morgan fingerprint density at radius 1 is 1.38 bits per heavy atom. The SMILES string of the molecule is CN(C(=O)C(C)(C)C#N)c1ccc(Cl)cc1. The monoisotopic (exact) mass is 236 g/mol. The second kappa shape index (κ2) is 4.54. The standard InChI is InChI=1S/C12H13ClN2O/c1-12(2,8-14)11(16)15(3)10-6-4-9(13)5-7-10/h4-7H,1-3H3. The Kier molecular flexibility index (Phi) is 3.56. The Morgan fingerprint density at radius 3 is 2.31 bits per heavy atom. The van der Waals surface area contributed by atoms with Crippen molar-refractivity contribution in [2.24, 2.45) is 5.41 Å². The van der Waals surface area contributed by atoms with Crippen molar-refractivity contribution in [1.29, 1.82) is 5.26 Å². The molecular formula is C12H13ClN2O. The highest BCUT2D eigenvalue weighted by molar-refractivity contribution is 6.30. The predicted octanol–water partition coefficient (Wildman–Crippen LogP) is 2.85. The fourth-order valence-corrected chi connectivity index (χ4v) is 1.38. The first-order valence-corrected chi connectivity index (χ1v) is 5.21. The molecule has 84 valence electrons. The van der Waals surface area contributed by atoms with E-state index in [2.05, 4.69) is 0 Å². The summed E-state index contributed by atoms with van der Waals surface area (Å²) in [6.45, 7) is 3.20. The Morgan fingerprint density at radius 2 is 1.88 bits per heavy atom. The largest absolute Gasteiger partial charge is 0.314 e. The van der Waals surface area contributed by atoms with Crippen LogP contribution in [-0.2, 0) is 4.79 Å². The summed E-state index contributed by atoms with van der Waals surface area (Å²) in [7, 11) is 1.64. The maximum atomic E-state index is 12.0. The molecule has 1 rings (SSSR count). The number of hydrogen-bond donors (Lipinski definition) is 0. The number of hydrogen-bond acceptors (Lipinski definition) is 2. The quantitative estimate of drug-likeness (QED) is 0.793. The minimum absolute atomic E-state index is 0.239. The first-order valence-electron chi connectivity index (χ1n) is 4.83. The van der Waals surface area contributed by atoms with Crippen molar-refractivity contribution in [1.82, 2.24) is 0 Å². The number of carbonyl (C=O) groups excluding carboxylic acids is 1. The van der Waals surface area contributed by atoms with Crippen molar-refractivity contribution in [3.05, 3.63) is 29.3 Å². The molecule has 0 aliphatic heterocycles. The van der Waals surface area contributed by atoms with Crippen LogP contribution in [-0.4, -0.2) is 13.0 Å². The third-order valence-electron chi connectivity index (χ3n) is 2.33. The predicted molar refractivity (Wildman–Crippen MR) is 64.3 cm³/mol. The molecule has 0 radical (unpaired) electrons. The molecule has 0 saturated carbocycles. The molecule has 0 unspecified atom stereocenters. The molecule has 0 N–H and O–H groups in total. The molecule has 0 saturated heterocycles. The summed E-state index contributed by atoms with van der Waals surface area (Å²) in [5, 5.41) is 9.50. The topological polar surface area (TPSA) is 44.1 Å². The van der Waals surface area contributed by atoms with Gasteiger partial charge in [-0.1, -0.05) is 11.6 Å². The molecule has 0 aliphatic rings. The van der Waals surface area contributed by atoms with Gasteiger partial charge in [-0.05, 0) is 38.1 Å². The average Bonchev–Trinajstić information content (AvgIpc) is 2.28. The normalized spacial score (nSPS) is 10.7. The van der Waals surface area contributed by atoms with E-state index in [1.807, 2.05) is 6.07 Å². The van der Waals surface area contributed by atoms with E-state index < -0.39 is 5.41 Å². The molecule has 0 atom stereocenters. The molecule has 1 aromatic carbocycles. The number of nitrogens with zero attached hydrogens (tertiary/aromatic N) is 2. The highest BCUT2D eigenvalue weighted by atomic mass is 35.5. The summed E-state index contributed by atoms with van der Waals surface area (Å²) < 4.78 is 0. The van der Waals surface area contributed by atoms with Crippen LogP contribution >= 0.6 is 11.6 Å². The van der Waals surface area contributed by atoms with Crippen LogP contribution < -0.4 is 4.90 Å². The van der Waals surface area contributed by atoms with Crippen molar-refractivity contribution in [3.63, 3.8) is 0 Å². The number of carbonyl (C=O) groups is 1. The van der Waals surface area contributed by atoms with Crippen LogP contribution in [0.3, 0.4) is 0 Å². The fraction of sp³-hybridized carbons (Fsp3) is 0.333. The number of rotatable bonds is 2. The van der Waals surface area contributed by atoms with Crippen LogP contribution in [0.1, 0.15) is 13.8 Å². The zero-order valence-electron chi connectivity index (χ0n) is 9.49. The lowest BCUT2D eigenvalue weighted by molar-refractivity contribution is -0.123. The second-order valence-corrected chi connectivity index (χ2v) is 4.51. The van der Waals surface area contributed by atoms with Crippen LogP contribution in [0.2, 0.25) is 5.02 Å². The summed E-state index contributed by atoms with van der Waals surface area (Å²) in [4.78, 5) is 13.4. The third-order valence-corrected chi connectivity index (χ3v) is 2.58. The van der Waals surface area contributed by atoms with E-state index in [0.29, 0.717) is 5.02 Å². The van der Waals surface area contributed by atoms with Crippen LogP contribution in [0.15, 0.2) is 24.3 Å². The van der Waals surface area contributed by atoms with E-state index >= 15 is 0 Å². The molecule has 1 amide bonds. The lowest BCUT2D eigenvalue weighted by atomic mass is 9.94. The number of benzene rings is 1. The molecule has 4 heteroatoms. The van der Waals surface area contributed by atoms with Crippen molar-refractivity contribution in [2.75, 3.05) is 11.9 Å². The number of halogens is 1. The maximum Gasteiger partial charge on any atom is 0.246 e. The van der Waals surface area contributed by atoms with Crippen LogP contribution in [0.4, 0.5) is 5.69 Å². The van der Waals surface area contributed by atoms with Gasteiger partial charge < -0.3 is 4.90 Å². The van der Waals surface area contributed by atoms with Crippen LogP contribution in [0, 0.1) is 16.7 Å². The van der Waals surface area contributed by atoms with E-state index in [9.17, 15) is 4.79 Å². The lowest BCUT2D eigenvalue weighted by Crippen LogP contribution is -2.37. The highest BCUT2D eigenvalue weighted by Crippen LogP contribution is 2.23. The van der Waals surface area contributed by atoms with Gasteiger partial charge in [-0.3, -0.25) is 4.79 Å². The molecule has 16 heavy (non-hydrogen) atoms. The van der Waals surface area contributed by atoms with Gasteiger partial charge in [-0.2, -0.15) is 5.26 Å². The molecule has 1 aromatic rings. The summed E-state index contributed by atoms with van der Waals surface area (Å²) in [6.07, 6.45) is 0. The van der Waals surface area contributed by atoms with Crippen molar-refractivity contribution < 1.29 is 4.79 Å². The third kappa shape index (κ3) is 2.53. The summed E-state index contributed by atoms with van der Waals surface area (Å²) >= 11 is 5.76. The van der Waals surface area contributed by atoms with Gasteiger partial charge in [0.05, 0.1) is 6.07 Å². The number of nitriles is 1. The first-order chi connectivity index (χ1) is 7.38. The van der Waals surface area contributed by atoms with Crippen LogP contribution in [0.5, 0.6) is 0 Å². The lowest BCUT2D eigenvalue weighted by Gasteiger charge is -2.24. The van der Waals surface area contributed by atoms with Gasteiger partial charge in [-0.25, -0.2) is 0 Å². The smallest absolute Gasteiger partial charge is 0.246 e.